The monoisotopic (exact) mass is 357 g/mol. The number of carbonyl (C=O) groups is 2. The van der Waals surface area contributed by atoms with Crippen LogP contribution in [0.25, 0.3) is 11.0 Å². The molecule has 1 unspecified atom stereocenters. The number of pyridine rings is 1. The highest BCUT2D eigenvalue weighted by Crippen LogP contribution is 2.33. The second-order valence-electron chi connectivity index (χ2n) is 6.80. The summed E-state index contributed by atoms with van der Waals surface area (Å²) in [6, 6.07) is 1.27. The van der Waals surface area contributed by atoms with Crippen LogP contribution in [0.2, 0.25) is 0 Å². The van der Waals surface area contributed by atoms with Crippen LogP contribution in [0.15, 0.2) is 12.4 Å². The molecule has 136 valence electrons. The first-order chi connectivity index (χ1) is 12.4. The maximum atomic E-state index is 14.4. The van der Waals surface area contributed by atoms with Crippen LogP contribution in [0, 0.1) is 23.1 Å². The minimum Gasteiger partial charge on any atom is -0.345 e. The fourth-order valence-corrected chi connectivity index (χ4v) is 3.42. The van der Waals surface area contributed by atoms with Crippen molar-refractivity contribution in [1.29, 1.82) is 5.26 Å². The summed E-state index contributed by atoms with van der Waals surface area (Å²) in [6.45, 7) is 3.98. The lowest BCUT2D eigenvalue weighted by molar-refractivity contribution is -0.136. The molecule has 2 amide bonds. The van der Waals surface area contributed by atoms with Crippen molar-refractivity contribution in [2.45, 2.75) is 32.9 Å². The van der Waals surface area contributed by atoms with E-state index in [2.05, 4.69) is 9.97 Å². The van der Waals surface area contributed by atoms with Crippen LogP contribution in [0.4, 0.5) is 4.39 Å². The fourth-order valence-electron chi connectivity index (χ4n) is 3.42. The number of aromatic amines is 1. The Bertz CT molecular complexity index is 914. The normalized spacial score (nSPS) is 14.6. The highest BCUT2D eigenvalue weighted by Gasteiger charge is 2.39. The Morgan fingerprint density at radius 2 is 2.27 bits per heavy atom. The first-order valence-electron chi connectivity index (χ1n) is 8.44. The number of hydrogen-bond acceptors (Lipinski definition) is 4. The van der Waals surface area contributed by atoms with Crippen LogP contribution in [0.3, 0.4) is 0 Å². The SMILES string of the molecule is CC(C)C(C(=O)N(C)CCC#N)N1Cc2c(F)cnc3[nH]cc(c23)C1=O. The summed E-state index contributed by atoms with van der Waals surface area (Å²) in [6.07, 6.45) is 2.84. The van der Waals surface area contributed by atoms with Crippen LogP contribution in [0.1, 0.15) is 36.2 Å². The predicted molar refractivity (Wildman–Crippen MR) is 92.4 cm³/mol. The van der Waals surface area contributed by atoms with Crippen LogP contribution < -0.4 is 0 Å². The van der Waals surface area contributed by atoms with Gasteiger partial charge in [-0.25, -0.2) is 9.37 Å². The van der Waals surface area contributed by atoms with Crippen LogP contribution in [0.5, 0.6) is 0 Å². The van der Waals surface area contributed by atoms with Crippen molar-refractivity contribution >= 4 is 22.8 Å². The van der Waals surface area contributed by atoms with E-state index >= 15 is 0 Å². The number of nitrogens with one attached hydrogen (secondary N) is 1. The zero-order valence-electron chi connectivity index (χ0n) is 14.9. The van der Waals surface area contributed by atoms with Gasteiger partial charge in [0.05, 0.1) is 30.8 Å². The minimum atomic E-state index is -0.739. The molecule has 3 heterocycles. The van der Waals surface area contributed by atoms with Gasteiger partial charge in [-0.05, 0) is 5.92 Å². The molecule has 26 heavy (non-hydrogen) atoms. The average Bonchev–Trinajstić information content (AvgIpc) is 3.04. The zero-order chi connectivity index (χ0) is 19.0. The molecule has 0 radical (unpaired) electrons. The first kappa shape index (κ1) is 17.9. The summed E-state index contributed by atoms with van der Waals surface area (Å²) in [5.74, 6) is -1.24. The number of H-pyrrole nitrogens is 1. The Balaban J connectivity index is 1.99. The average molecular weight is 357 g/mol. The molecule has 1 aliphatic heterocycles. The number of nitriles is 1. The van der Waals surface area contributed by atoms with Crippen molar-refractivity contribution in [3.05, 3.63) is 29.3 Å². The summed E-state index contributed by atoms with van der Waals surface area (Å²) in [5.41, 5.74) is 1.15. The van der Waals surface area contributed by atoms with Gasteiger partial charge in [0.25, 0.3) is 5.91 Å². The molecule has 2 aromatic heterocycles. The maximum absolute atomic E-state index is 14.4. The zero-order valence-corrected chi connectivity index (χ0v) is 14.9. The Morgan fingerprint density at radius 3 is 2.92 bits per heavy atom. The lowest BCUT2D eigenvalue weighted by Crippen LogP contribution is -2.53. The van der Waals surface area contributed by atoms with Gasteiger partial charge < -0.3 is 14.8 Å². The number of rotatable bonds is 5. The van der Waals surface area contributed by atoms with Gasteiger partial charge in [-0.3, -0.25) is 9.59 Å². The standard InChI is InChI=1S/C18H20FN5O2/c1-10(2)15(18(26)23(3)6-4-5-20)24-9-12-13(19)8-22-16-14(12)11(7-21-16)17(24)25/h7-8,10,15H,4,6,9H2,1-3H3,(H,21,22). The van der Waals surface area contributed by atoms with E-state index in [1.54, 1.807) is 7.05 Å². The van der Waals surface area contributed by atoms with Gasteiger partial charge in [0.15, 0.2) is 0 Å². The first-order valence-corrected chi connectivity index (χ1v) is 8.44. The van der Waals surface area contributed by atoms with E-state index in [1.165, 1.54) is 16.0 Å². The van der Waals surface area contributed by atoms with E-state index in [0.717, 1.165) is 6.20 Å². The predicted octanol–water partition coefficient (Wildman–Crippen LogP) is 2.05. The molecule has 1 N–H and O–H groups in total. The van der Waals surface area contributed by atoms with E-state index in [1.807, 2.05) is 19.9 Å². The van der Waals surface area contributed by atoms with Gasteiger partial charge in [-0.1, -0.05) is 13.8 Å². The highest BCUT2D eigenvalue weighted by molar-refractivity contribution is 6.10. The van der Waals surface area contributed by atoms with Crippen molar-refractivity contribution < 1.29 is 14.0 Å². The molecule has 2 aromatic rings. The number of halogens is 1. The third-order valence-corrected chi connectivity index (χ3v) is 4.73. The van der Waals surface area contributed by atoms with E-state index in [0.29, 0.717) is 22.2 Å². The van der Waals surface area contributed by atoms with Crippen molar-refractivity contribution in [3.63, 3.8) is 0 Å². The summed E-state index contributed by atoms with van der Waals surface area (Å²) < 4.78 is 14.4. The molecule has 0 bridgehead atoms. The van der Waals surface area contributed by atoms with Crippen LogP contribution >= 0.6 is 0 Å². The highest BCUT2D eigenvalue weighted by atomic mass is 19.1. The number of hydrogen-bond donors (Lipinski definition) is 1. The molecule has 0 saturated carbocycles. The minimum absolute atomic E-state index is 0.00914. The Kier molecular flexibility index (Phi) is 4.64. The summed E-state index contributed by atoms with van der Waals surface area (Å²) in [7, 11) is 1.61. The molecule has 1 aliphatic rings. The van der Waals surface area contributed by atoms with E-state index in [-0.39, 0.29) is 37.2 Å². The second-order valence-corrected chi connectivity index (χ2v) is 6.80. The third kappa shape index (κ3) is 2.79. The summed E-state index contributed by atoms with van der Waals surface area (Å²) >= 11 is 0. The van der Waals surface area contributed by atoms with Crippen LogP contribution in [-0.2, 0) is 11.3 Å². The number of carbonyl (C=O) groups excluding carboxylic acids is 2. The largest absolute Gasteiger partial charge is 0.345 e. The molecule has 0 saturated heterocycles. The molecular weight excluding hydrogens is 337 g/mol. The van der Waals surface area contributed by atoms with Crippen molar-refractivity contribution in [1.82, 2.24) is 19.8 Å². The van der Waals surface area contributed by atoms with Gasteiger partial charge >= 0.3 is 0 Å². The molecule has 1 atom stereocenters. The quantitative estimate of drug-likeness (QED) is 0.886. The van der Waals surface area contributed by atoms with Gasteiger partial charge in [0.1, 0.15) is 17.5 Å². The van der Waals surface area contributed by atoms with Gasteiger partial charge in [-0.15, -0.1) is 0 Å². The number of likely N-dealkylation sites (N-methyl/N-ethyl adjacent to an activating group) is 1. The third-order valence-electron chi connectivity index (χ3n) is 4.73. The fraction of sp³-hybridized carbons (Fsp3) is 0.444. The Hall–Kier alpha value is -2.95. The molecule has 7 nitrogen and oxygen atoms in total. The Labute approximate surface area is 150 Å². The molecule has 8 heteroatoms. The van der Waals surface area contributed by atoms with E-state index in [4.69, 9.17) is 5.26 Å². The summed E-state index contributed by atoms with van der Waals surface area (Å²) in [4.78, 5) is 35.7. The van der Waals surface area contributed by atoms with Crippen LogP contribution in [-0.4, -0.2) is 51.2 Å². The van der Waals surface area contributed by atoms with E-state index in [9.17, 15) is 14.0 Å². The van der Waals surface area contributed by atoms with Gasteiger partial charge in [-0.2, -0.15) is 5.26 Å². The second kappa shape index (κ2) is 6.75. The molecular formula is C18H20FN5O2. The molecule has 0 aliphatic carbocycles. The van der Waals surface area contributed by atoms with Gasteiger partial charge in [0, 0.05) is 30.7 Å². The topological polar surface area (TPSA) is 93.1 Å². The van der Waals surface area contributed by atoms with Gasteiger partial charge in [0.2, 0.25) is 5.91 Å². The molecule has 0 fully saturated rings. The molecule has 0 spiro atoms. The number of nitrogens with zero attached hydrogens (tertiary/aromatic N) is 4. The van der Waals surface area contributed by atoms with Crippen molar-refractivity contribution in [2.75, 3.05) is 13.6 Å². The number of amides is 2. The van der Waals surface area contributed by atoms with Crippen molar-refractivity contribution in [3.8, 4) is 6.07 Å². The lowest BCUT2D eigenvalue weighted by Gasteiger charge is -2.37. The summed E-state index contributed by atoms with van der Waals surface area (Å²) in [5, 5.41) is 9.22. The smallest absolute Gasteiger partial charge is 0.257 e. The molecule has 0 aromatic carbocycles. The van der Waals surface area contributed by atoms with Crippen molar-refractivity contribution in [2.24, 2.45) is 5.92 Å². The number of aromatic nitrogens is 2. The lowest BCUT2D eigenvalue weighted by atomic mass is 9.95. The van der Waals surface area contributed by atoms with E-state index < -0.39 is 11.9 Å². The maximum Gasteiger partial charge on any atom is 0.257 e. The Morgan fingerprint density at radius 1 is 1.54 bits per heavy atom. The molecule has 3 rings (SSSR count).